The summed E-state index contributed by atoms with van der Waals surface area (Å²) in [6.07, 6.45) is 6.19. The van der Waals surface area contributed by atoms with E-state index in [0.29, 0.717) is 0 Å². The van der Waals surface area contributed by atoms with Crippen molar-refractivity contribution in [2.45, 2.75) is 20.4 Å². The van der Waals surface area contributed by atoms with Crippen molar-refractivity contribution < 1.29 is 21.8 Å². The molecule has 120 valence electrons. The van der Waals surface area contributed by atoms with Gasteiger partial charge >= 0.3 is 0 Å². The molecule has 0 spiro atoms. The SMILES string of the molecule is CCN(CCn1cc[n+](C)c1)c1ccc(NC(C)=O)cc1.[Cl-]. The van der Waals surface area contributed by atoms with E-state index < -0.39 is 0 Å². The highest BCUT2D eigenvalue weighted by Crippen LogP contribution is 2.17. The Morgan fingerprint density at radius 1 is 1.32 bits per heavy atom. The standard InChI is InChI=1S/C16H22N4O.ClH/c1-4-20(12-11-19-10-9-18(3)13-19)16-7-5-15(6-8-16)17-14(2)21;/h5-10,13H,4,11-12H2,1-3H3;1H. The molecule has 1 heterocycles. The molecular formula is C16H23ClN4O. The van der Waals surface area contributed by atoms with Crippen molar-refractivity contribution in [3.05, 3.63) is 43.0 Å². The summed E-state index contributed by atoms with van der Waals surface area (Å²) >= 11 is 0. The number of imidazole rings is 1. The number of aryl methyl sites for hydroxylation is 1. The van der Waals surface area contributed by atoms with Crippen LogP contribution in [0.15, 0.2) is 43.0 Å². The molecule has 1 N–H and O–H groups in total. The highest BCUT2D eigenvalue weighted by Gasteiger charge is 2.07. The van der Waals surface area contributed by atoms with E-state index in [1.165, 1.54) is 12.6 Å². The van der Waals surface area contributed by atoms with E-state index in [0.717, 1.165) is 25.3 Å². The molecule has 1 aromatic heterocycles. The molecular weight excluding hydrogens is 300 g/mol. The largest absolute Gasteiger partial charge is 1.00 e. The van der Waals surface area contributed by atoms with E-state index in [4.69, 9.17) is 0 Å². The fourth-order valence-electron chi connectivity index (χ4n) is 2.30. The van der Waals surface area contributed by atoms with Gasteiger partial charge in [-0.2, -0.15) is 0 Å². The molecule has 0 bridgehead atoms. The van der Waals surface area contributed by atoms with Crippen LogP contribution in [-0.4, -0.2) is 23.6 Å². The Morgan fingerprint density at radius 3 is 2.50 bits per heavy atom. The second-order valence-corrected chi connectivity index (χ2v) is 5.12. The highest BCUT2D eigenvalue weighted by molar-refractivity contribution is 5.88. The molecule has 22 heavy (non-hydrogen) atoms. The average molecular weight is 323 g/mol. The van der Waals surface area contributed by atoms with Crippen molar-refractivity contribution >= 4 is 17.3 Å². The number of nitrogens with zero attached hydrogens (tertiary/aromatic N) is 3. The normalized spacial score (nSPS) is 9.95. The molecule has 0 unspecified atom stereocenters. The average Bonchev–Trinajstić information content (AvgIpc) is 2.86. The third kappa shape index (κ3) is 5.07. The van der Waals surface area contributed by atoms with Crippen LogP contribution in [0.2, 0.25) is 0 Å². The summed E-state index contributed by atoms with van der Waals surface area (Å²) in [7, 11) is 2.02. The van der Waals surface area contributed by atoms with Gasteiger partial charge < -0.3 is 22.6 Å². The van der Waals surface area contributed by atoms with Gasteiger partial charge in [0.2, 0.25) is 12.2 Å². The van der Waals surface area contributed by atoms with E-state index in [2.05, 4.69) is 34.2 Å². The lowest BCUT2D eigenvalue weighted by Gasteiger charge is -2.22. The van der Waals surface area contributed by atoms with Gasteiger partial charge in [-0.25, -0.2) is 9.13 Å². The number of halogens is 1. The number of likely N-dealkylation sites (N-methyl/N-ethyl adjacent to an activating group) is 1. The number of carbonyl (C=O) groups excluding carboxylic acids is 1. The first-order chi connectivity index (χ1) is 10.1. The quantitative estimate of drug-likeness (QED) is 0.679. The van der Waals surface area contributed by atoms with Gasteiger partial charge in [0, 0.05) is 24.8 Å². The van der Waals surface area contributed by atoms with E-state index in [9.17, 15) is 4.79 Å². The summed E-state index contributed by atoms with van der Waals surface area (Å²) in [6.45, 7) is 6.51. The summed E-state index contributed by atoms with van der Waals surface area (Å²) < 4.78 is 4.22. The Balaban J connectivity index is 0.00000242. The number of hydrogen-bond donors (Lipinski definition) is 1. The lowest BCUT2D eigenvalue weighted by Crippen LogP contribution is -3.00. The van der Waals surface area contributed by atoms with Gasteiger partial charge in [0.05, 0.1) is 13.6 Å². The maximum absolute atomic E-state index is 11.0. The zero-order valence-electron chi connectivity index (χ0n) is 13.3. The Hall–Kier alpha value is -2.01. The van der Waals surface area contributed by atoms with Crippen molar-refractivity contribution in [2.75, 3.05) is 23.3 Å². The first-order valence-electron chi connectivity index (χ1n) is 7.22. The first-order valence-corrected chi connectivity index (χ1v) is 7.22. The predicted octanol–water partition coefficient (Wildman–Crippen LogP) is -1.20. The summed E-state index contributed by atoms with van der Waals surface area (Å²) in [6, 6.07) is 7.97. The maximum atomic E-state index is 11.0. The Bertz CT molecular complexity index is 594. The number of benzene rings is 1. The number of nitrogens with one attached hydrogen (secondary N) is 1. The van der Waals surface area contributed by atoms with Gasteiger partial charge in [-0.3, -0.25) is 4.79 Å². The molecule has 0 aliphatic rings. The predicted molar refractivity (Wildman–Crippen MR) is 84.2 cm³/mol. The molecule has 1 aromatic carbocycles. The second-order valence-electron chi connectivity index (χ2n) is 5.12. The summed E-state index contributed by atoms with van der Waals surface area (Å²) in [5.41, 5.74) is 2.00. The van der Waals surface area contributed by atoms with Crippen LogP contribution in [0.1, 0.15) is 13.8 Å². The van der Waals surface area contributed by atoms with Crippen LogP contribution < -0.4 is 27.2 Å². The van der Waals surface area contributed by atoms with E-state index in [1.807, 2.05) is 42.1 Å². The molecule has 2 aromatic rings. The summed E-state index contributed by atoms with van der Waals surface area (Å²) in [4.78, 5) is 13.3. The highest BCUT2D eigenvalue weighted by atomic mass is 35.5. The number of amides is 1. The van der Waals surface area contributed by atoms with Crippen molar-refractivity contribution in [3.63, 3.8) is 0 Å². The molecule has 1 amide bonds. The Morgan fingerprint density at radius 2 is 2.00 bits per heavy atom. The number of carbonyl (C=O) groups is 1. The molecule has 0 radical (unpaired) electrons. The summed E-state index contributed by atoms with van der Waals surface area (Å²) in [5.74, 6) is -0.0458. The molecule has 5 nitrogen and oxygen atoms in total. The van der Waals surface area contributed by atoms with Crippen LogP contribution in [0.5, 0.6) is 0 Å². The van der Waals surface area contributed by atoms with Crippen LogP contribution in [-0.2, 0) is 18.4 Å². The fraction of sp³-hybridized carbons (Fsp3) is 0.375. The number of aromatic nitrogens is 2. The van der Waals surface area contributed by atoms with Gasteiger partial charge in [0.1, 0.15) is 18.9 Å². The third-order valence-electron chi connectivity index (χ3n) is 3.39. The number of hydrogen-bond acceptors (Lipinski definition) is 2. The molecule has 6 heteroatoms. The minimum absolute atomic E-state index is 0. The molecule has 0 saturated heterocycles. The van der Waals surface area contributed by atoms with Gasteiger partial charge in [0.25, 0.3) is 0 Å². The molecule has 0 aliphatic carbocycles. The molecule has 0 aliphatic heterocycles. The first kappa shape index (κ1) is 18.0. The monoisotopic (exact) mass is 322 g/mol. The van der Waals surface area contributed by atoms with Gasteiger partial charge in [0.15, 0.2) is 0 Å². The second kappa shape index (κ2) is 8.44. The van der Waals surface area contributed by atoms with Gasteiger partial charge in [-0.1, -0.05) is 0 Å². The minimum Gasteiger partial charge on any atom is -1.00 e. The summed E-state index contributed by atoms with van der Waals surface area (Å²) in [5, 5.41) is 2.79. The molecule has 0 fully saturated rings. The molecule has 2 rings (SSSR count). The molecule has 0 atom stereocenters. The zero-order valence-corrected chi connectivity index (χ0v) is 14.0. The van der Waals surface area contributed by atoms with Crippen molar-refractivity contribution in [2.24, 2.45) is 7.05 Å². The Labute approximate surface area is 138 Å². The molecule has 0 saturated carbocycles. The van der Waals surface area contributed by atoms with Crippen molar-refractivity contribution in [1.29, 1.82) is 0 Å². The van der Waals surface area contributed by atoms with Gasteiger partial charge in [-0.05, 0) is 31.2 Å². The number of anilines is 2. The fourth-order valence-corrected chi connectivity index (χ4v) is 2.30. The smallest absolute Gasteiger partial charge is 0.243 e. The topological polar surface area (TPSA) is 41.1 Å². The van der Waals surface area contributed by atoms with E-state index in [1.54, 1.807) is 0 Å². The zero-order chi connectivity index (χ0) is 15.2. The van der Waals surface area contributed by atoms with Crippen LogP contribution in [0.25, 0.3) is 0 Å². The van der Waals surface area contributed by atoms with Crippen molar-refractivity contribution in [1.82, 2.24) is 4.57 Å². The Kier molecular flexibility index (Phi) is 6.92. The van der Waals surface area contributed by atoms with Crippen molar-refractivity contribution in [3.8, 4) is 0 Å². The number of rotatable bonds is 6. The lowest BCUT2D eigenvalue weighted by molar-refractivity contribution is -0.671. The van der Waals surface area contributed by atoms with E-state index in [-0.39, 0.29) is 18.3 Å². The minimum atomic E-state index is -0.0458. The van der Waals surface area contributed by atoms with Crippen LogP contribution in [0, 0.1) is 0 Å². The maximum Gasteiger partial charge on any atom is 0.243 e. The van der Waals surface area contributed by atoms with Crippen LogP contribution in [0.3, 0.4) is 0 Å². The lowest BCUT2D eigenvalue weighted by atomic mass is 10.2. The van der Waals surface area contributed by atoms with Crippen LogP contribution >= 0.6 is 0 Å². The van der Waals surface area contributed by atoms with E-state index >= 15 is 0 Å². The van der Waals surface area contributed by atoms with Gasteiger partial charge in [-0.15, -0.1) is 0 Å². The third-order valence-corrected chi connectivity index (χ3v) is 3.39. The van der Waals surface area contributed by atoms with Crippen LogP contribution in [0.4, 0.5) is 11.4 Å².